The summed E-state index contributed by atoms with van der Waals surface area (Å²) in [4.78, 5) is 18.0. The number of aromatic nitrogens is 1. The van der Waals surface area contributed by atoms with E-state index in [1.165, 1.54) is 12.3 Å². The number of anilines is 1. The molecule has 0 radical (unpaired) electrons. The molecule has 5 heteroatoms. The van der Waals surface area contributed by atoms with Gasteiger partial charge in [-0.2, -0.15) is 0 Å². The number of pyridine rings is 1. The van der Waals surface area contributed by atoms with Crippen LogP contribution in [0.2, 0.25) is 5.02 Å². The molecule has 0 saturated heterocycles. The van der Waals surface area contributed by atoms with Crippen molar-refractivity contribution in [2.24, 2.45) is 0 Å². The van der Waals surface area contributed by atoms with Gasteiger partial charge in [0.25, 0.3) is 5.91 Å². The van der Waals surface area contributed by atoms with E-state index in [2.05, 4.69) is 4.98 Å². The molecule has 2 heterocycles. The maximum absolute atomic E-state index is 13.4. The number of carbonyl (C=O) groups excluding carboxylic acids is 1. The zero-order valence-electron chi connectivity index (χ0n) is 11.7. The molecule has 2 aromatic rings. The van der Waals surface area contributed by atoms with E-state index in [1.54, 1.807) is 17.0 Å². The van der Waals surface area contributed by atoms with Gasteiger partial charge < -0.3 is 4.90 Å². The van der Waals surface area contributed by atoms with E-state index in [9.17, 15) is 9.18 Å². The third kappa shape index (κ3) is 2.40. The lowest BCUT2D eigenvalue weighted by molar-refractivity contribution is 0.0969. The number of halogens is 2. The van der Waals surface area contributed by atoms with E-state index in [0.717, 1.165) is 11.8 Å². The van der Waals surface area contributed by atoms with Crippen LogP contribution in [0.3, 0.4) is 0 Å². The van der Waals surface area contributed by atoms with Gasteiger partial charge in [0.1, 0.15) is 5.82 Å². The molecule has 108 valence electrons. The number of amides is 1. The molecule has 3 nitrogen and oxygen atoms in total. The Bertz CT molecular complexity index is 730. The van der Waals surface area contributed by atoms with Crippen LogP contribution in [-0.4, -0.2) is 17.4 Å². The normalized spacial score (nSPS) is 16.8. The van der Waals surface area contributed by atoms with Crippen LogP contribution < -0.4 is 4.90 Å². The maximum atomic E-state index is 13.4. The van der Waals surface area contributed by atoms with E-state index < -0.39 is 5.82 Å². The Labute approximate surface area is 127 Å². The third-order valence-electron chi connectivity index (χ3n) is 3.74. The summed E-state index contributed by atoms with van der Waals surface area (Å²) in [5.74, 6) is -0.617. The summed E-state index contributed by atoms with van der Waals surface area (Å²) in [5, 5.41) is 0.607. The standard InChI is InChI=1S/C16H14ClFN2O/c1-16(2)9-20(12-6-11(18)7-19-8-12)15(21)13-4-3-10(17)5-14(13)16/h3-8H,9H2,1-2H3. The fourth-order valence-electron chi connectivity index (χ4n) is 2.72. The summed E-state index contributed by atoms with van der Waals surface area (Å²) in [6.45, 7) is 4.52. The van der Waals surface area contributed by atoms with E-state index in [-0.39, 0.29) is 11.3 Å². The van der Waals surface area contributed by atoms with Gasteiger partial charge in [-0.1, -0.05) is 25.4 Å². The number of hydrogen-bond acceptors (Lipinski definition) is 2. The van der Waals surface area contributed by atoms with Crippen LogP contribution in [0.4, 0.5) is 10.1 Å². The summed E-state index contributed by atoms with van der Waals surface area (Å²) in [5.41, 5.74) is 1.70. The molecule has 3 rings (SSSR count). The first-order chi connectivity index (χ1) is 9.88. The molecule has 0 spiro atoms. The van der Waals surface area contributed by atoms with Crippen molar-refractivity contribution in [2.75, 3.05) is 11.4 Å². The topological polar surface area (TPSA) is 33.2 Å². The SMILES string of the molecule is CC1(C)CN(c2cncc(F)c2)C(=O)c2ccc(Cl)cc21. The predicted molar refractivity (Wildman–Crippen MR) is 80.3 cm³/mol. The van der Waals surface area contributed by atoms with Gasteiger partial charge in [0.2, 0.25) is 0 Å². The van der Waals surface area contributed by atoms with Crippen LogP contribution in [0.25, 0.3) is 0 Å². The Morgan fingerprint density at radius 3 is 2.76 bits per heavy atom. The minimum Gasteiger partial charge on any atom is -0.306 e. The van der Waals surface area contributed by atoms with Gasteiger partial charge in [-0.05, 0) is 23.8 Å². The van der Waals surface area contributed by atoms with Crippen LogP contribution in [0.5, 0.6) is 0 Å². The lowest BCUT2D eigenvalue weighted by atomic mass is 9.78. The van der Waals surface area contributed by atoms with Crippen LogP contribution in [0.15, 0.2) is 36.7 Å². The number of rotatable bonds is 1. The molecule has 1 aromatic heterocycles. The van der Waals surface area contributed by atoms with Crippen LogP contribution in [-0.2, 0) is 5.41 Å². The van der Waals surface area contributed by atoms with Crippen molar-refractivity contribution in [2.45, 2.75) is 19.3 Å². The first-order valence-electron chi connectivity index (χ1n) is 6.61. The Morgan fingerprint density at radius 1 is 1.29 bits per heavy atom. The second-order valence-corrected chi connectivity index (χ2v) is 6.26. The lowest BCUT2D eigenvalue weighted by Gasteiger charge is -2.39. The van der Waals surface area contributed by atoms with E-state index >= 15 is 0 Å². The summed E-state index contributed by atoms with van der Waals surface area (Å²) in [6.07, 6.45) is 2.62. The summed E-state index contributed by atoms with van der Waals surface area (Å²) >= 11 is 6.04. The Morgan fingerprint density at radius 2 is 2.05 bits per heavy atom. The third-order valence-corrected chi connectivity index (χ3v) is 3.98. The van der Waals surface area contributed by atoms with Crippen LogP contribution in [0, 0.1) is 5.82 Å². The van der Waals surface area contributed by atoms with Crippen molar-refractivity contribution in [3.63, 3.8) is 0 Å². The molecular formula is C16H14ClFN2O. The highest BCUT2D eigenvalue weighted by atomic mass is 35.5. The van der Waals surface area contributed by atoms with Crippen molar-refractivity contribution < 1.29 is 9.18 Å². The van der Waals surface area contributed by atoms with Crippen LogP contribution in [0.1, 0.15) is 29.8 Å². The molecule has 0 aliphatic carbocycles. The molecule has 0 atom stereocenters. The van der Waals surface area contributed by atoms with Crippen molar-refractivity contribution >= 4 is 23.2 Å². The highest BCUT2D eigenvalue weighted by Crippen LogP contribution is 2.36. The Kier molecular flexibility index (Phi) is 3.21. The number of carbonyl (C=O) groups is 1. The van der Waals surface area contributed by atoms with Gasteiger partial charge in [0, 0.05) is 28.6 Å². The Balaban J connectivity index is 2.12. The molecule has 1 aliphatic rings. The molecule has 0 bridgehead atoms. The summed E-state index contributed by atoms with van der Waals surface area (Å²) in [6, 6.07) is 6.57. The molecule has 1 aliphatic heterocycles. The van der Waals surface area contributed by atoms with Gasteiger partial charge in [0.05, 0.1) is 18.1 Å². The molecular weight excluding hydrogens is 291 g/mol. The zero-order chi connectivity index (χ0) is 15.2. The second kappa shape index (κ2) is 4.81. The van der Waals surface area contributed by atoms with E-state index in [0.29, 0.717) is 22.8 Å². The van der Waals surface area contributed by atoms with E-state index in [4.69, 9.17) is 11.6 Å². The van der Waals surface area contributed by atoms with Gasteiger partial charge >= 0.3 is 0 Å². The zero-order valence-corrected chi connectivity index (χ0v) is 12.5. The van der Waals surface area contributed by atoms with Crippen molar-refractivity contribution in [1.82, 2.24) is 4.98 Å². The minimum atomic E-state index is -0.458. The minimum absolute atomic E-state index is 0.159. The van der Waals surface area contributed by atoms with Gasteiger partial charge in [-0.3, -0.25) is 9.78 Å². The lowest BCUT2D eigenvalue weighted by Crippen LogP contribution is -2.47. The molecule has 1 amide bonds. The monoisotopic (exact) mass is 304 g/mol. The molecule has 21 heavy (non-hydrogen) atoms. The van der Waals surface area contributed by atoms with Crippen molar-refractivity contribution in [1.29, 1.82) is 0 Å². The number of nitrogens with zero attached hydrogens (tertiary/aromatic N) is 2. The maximum Gasteiger partial charge on any atom is 0.258 e. The smallest absolute Gasteiger partial charge is 0.258 e. The molecule has 0 fully saturated rings. The van der Waals surface area contributed by atoms with Gasteiger partial charge in [-0.15, -0.1) is 0 Å². The fraction of sp³-hybridized carbons (Fsp3) is 0.250. The number of hydrogen-bond donors (Lipinski definition) is 0. The fourth-order valence-corrected chi connectivity index (χ4v) is 2.89. The molecule has 0 saturated carbocycles. The summed E-state index contributed by atoms with van der Waals surface area (Å²) in [7, 11) is 0. The van der Waals surface area contributed by atoms with Crippen molar-refractivity contribution in [3.8, 4) is 0 Å². The van der Waals surface area contributed by atoms with E-state index in [1.807, 2.05) is 19.9 Å². The van der Waals surface area contributed by atoms with Gasteiger partial charge in [-0.25, -0.2) is 4.39 Å². The summed E-state index contributed by atoms with van der Waals surface area (Å²) < 4.78 is 13.4. The first kappa shape index (κ1) is 14.0. The average molecular weight is 305 g/mol. The van der Waals surface area contributed by atoms with Gasteiger partial charge in [0.15, 0.2) is 0 Å². The molecule has 1 aromatic carbocycles. The average Bonchev–Trinajstić information content (AvgIpc) is 2.43. The number of fused-ring (bicyclic) bond motifs is 1. The van der Waals surface area contributed by atoms with Crippen LogP contribution >= 0.6 is 11.6 Å². The largest absolute Gasteiger partial charge is 0.306 e. The number of benzene rings is 1. The second-order valence-electron chi connectivity index (χ2n) is 5.83. The molecule has 0 N–H and O–H groups in total. The highest BCUT2D eigenvalue weighted by molar-refractivity contribution is 6.30. The Hall–Kier alpha value is -1.94. The predicted octanol–water partition coefficient (Wildman–Crippen LogP) is 3.81. The first-order valence-corrected chi connectivity index (χ1v) is 6.99. The highest BCUT2D eigenvalue weighted by Gasteiger charge is 2.37. The van der Waals surface area contributed by atoms with Crippen molar-refractivity contribution in [3.05, 3.63) is 58.6 Å². The quantitative estimate of drug-likeness (QED) is 0.802. The molecule has 0 unspecified atom stereocenters.